The minimum Gasteiger partial charge on any atom is -0.239 e. The third kappa shape index (κ3) is 3.11. The first-order chi connectivity index (χ1) is 14.9. The van der Waals surface area contributed by atoms with Crippen LogP contribution >= 0.6 is 0 Å². The molecule has 0 radical (unpaired) electrons. The summed E-state index contributed by atoms with van der Waals surface area (Å²) >= 11 is 0. The molecule has 6 aliphatic carbocycles. The smallest absolute Gasteiger partial charge is 0.132 e. The molecule has 0 nitrogen and oxygen atoms in total. The third-order valence-electron chi connectivity index (χ3n) is 13.2. The average molecular weight is 457 g/mol. The first-order valence-corrected chi connectivity index (χ1v) is 14.0. The maximum Gasteiger partial charge on any atom is 0.132 e. The van der Waals surface area contributed by atoms with Gasteiger partial charge in [0.05, 0.1) is 0 Å². The van der Waals surface area contributed by atoms with E-state index >= 15 is 4.39 Å². The summed E-state index contributed by atoms with van der Waals surface area (Å²) < 4.78 is 15.4. The summed E-state index contributed by atoms with van der Waals surface area (Å²) in [7, 11) is 0. The number of allylic oxidation sites excluding steroid dienone is 4. The Labute approximate surface area is 205 Å². The molecular weight excluding hydrogens is 403 g/mol. The van der Waals surface area contributed by atoms with Crippen molar-refractivity contribution < 1.29 is 4.39 Å². The Hall–Kier alpha value is -0.590. The maximum atomic E-state index is 15.4. The minimum absolute atomic E-state index is 0.194. The van der Waals surface area contributed by atoms with Gasteiger partial charge in [0, 0.05) is 0 Å². The third-order valence-corrected chi connectivity index (χ3v) is 13.2. The van der Waals surface area contributed by atoms with Crippen LogP contribution in [0.1, 0.15) is 140 Å². The molecule has 33 heavy (non-hydrogen) atoms. The van der Waals surface area contributed by atoms with E-state index in [-0.39, 0.29) is 16.2 Å². The SMILES string of the molecule is CC1=C(C)C2(C(C)(C)CCC(C)(C)C34CCC(C(C)(C)C)(CC3)C(C)=C4C)CCC1(F)CC2. The summed E-state index contributed by atoms with van der Waals surface area (Å²) in [5.74, 6) is 0. The van der Waals surface area contributed by atoms with Crippen molar-refractivity contribution in [3.63, 3.8) is 0 Å². The van der Waals surface area contributed by atoms with Crippen molar-refractivity contribution in [2.24, 2.45) is 32.5 Å². The van der Waals surface area contributed by atoms with Gasteiger partial charge in [-0.2, -0.15) is 0 Å². The second-order valence-electron chi connectivity index (χ2n) is 15.2. The molecule has 0 aromatic carbocycles. The van der Waals surface area contributed by atoms with Crippen molar-refractivity contribution >= 4 is 0 Å². The van der Waals surface area contributed by atoms with Crippen LogP contribution in [0.5, 0.6) is 0 Å². The highest BCUT2D eigenvalue weighted by Crippen LogP contribution is 2.71. The zero-order chi connectivity index (χ0) is 24.9. The van der Waals surface area contributed by atoms with Crippen LogP contribution in [0.3, 0.4) is 0 Å². The number of hydrogen-bond acceptors (Lipinski definition) is 0. The first-order valence-electron chi connectivity index (χ1n) is 14.0. The number of hydrogen-bond donors (Lipinski definition) is 0. The summed E-state index contributed by atoms with van der Waals surface area (Å²) in [4.78, 5) is 0. The molecule has 2 saturated carbocycles. The van der Waals surface area contributed by atoms with E-state index in [1.165, 1.54) is 44.1 Å². The van der Waals surface area contributed by atoms with Gasteiger partial charge >= 0.3 is 0 Å². The lowest BCUT2D eigenvalue weighted by Crippen LogP contribution is -2.54. The highest BCUT2D eigenvalue weighted by atomic mass is 19.1. The van der Waals surface area contributed by atoms with Gasteiger partial charge in [0.2, 0.25) is 0 Å². The van der Waals surface area contributed by atoms with E-state index in [1.54, 1.807) is 11.1 Å². The van der Waals surface area contributed by atoms with Crippen LogP contribution in [0, 0.1) is 32.5 Å². The van der Waals surface area contributed by atoms with Crippen LogP contribution in [0.25, 0.3) is 0 Å². The van der Waals surface area contributed by atoms with Crippen molar-refractivity contribution in [3.05, 3.63) is 22.3 Å². The standard InChI is InChI=1S/C32H53F/c1-22-23(2)30(16-14-29(22,15-17-30)26(5,6)7)27(8,9)12-13-28(10,11)31-18-20-32(33,21-19-31)25(4)24(31)3/h12-21H2,1-11H3. The van der Waals surface area contributed by atoms with Crippen molar-refractivity contribution in [2.45, 2.75) is 146 Å². The van der Waals surface area contributed by atoms with Gasteiger partial charge in [0.1, 0.15) is 5.67 Å². The zero-order valence-corrected chi connectivity index (χ0v) is 23.9. The second kappa shape index (κ2) is 7.22. The fraction of sp³-hybridized carbons (Fsp3) is 0.875. The van der Waals surface area contributed by atoms with Gasteiger partial charge in [-0.15, -0.1) is 0 Å². The van der Waals surface area contributed by atoms with E-state index in [4.69, 9.17) is 0 Å². The Morgan fingerprint density at radius 3 is 1.21 bits per heavy atom. The van der Waals surface area contributed by atoms with Crippen LogP contribution in [-0.4, -0.2) is 5.67 Å². The molecule has 2 fully saturated rings. The maximum absolute atomic E-state index is 15.4. The van der Waals surface area contributed by atoms with E-state index in [0.29, 0.717) is 16.2 Å². The highest BCUT2D eigenvalue weighted by Gasteiger charge is 2.61. The van der Waals surface area contributed by atoms with Gasteiger partial charge in [-0.3, -0.25) is 0 Å². The molecule has 0 spiro atoms. The summed E-state index contributed by atoms with van der Waals surface area (Å²) in [6.45, 7) is 26.9. The molecule has 0 atom stereocenters. The summed E-state index contributed by atoms with van der Waals surface area (Å²) in [6, 6.07) is 0. The molecule has 0 aromatic heterocycles. The van der Waals surface area contributed by atoms with E-state index in [1.807, 2.05) is 0 Å². The molecule has 1 heteroatoms. The van der Waals surface area contributed by atoms with E-state index < -0.39 is 5.67 Å². The largest absolute Gasteiger partial charge is 0.239 e. The molecule has 0 N–H and O–H groups in total. The molecule has 0 saturated heterocycles. The van der Waals surface area contributed by atoms with Crippen molar-refractivity contribution in [2.75, 3.05) is 0 Å². The number of halogens is 1. The number of fused-ring (bicyclic) bond motifs is 4. The highest BCUT2D eigenvalue weighted by molar-refractivity contribution is 5.38. The molecule has 0 aliphatic heterocycles. The summed E-state index contributed by atoms with van der Waals surface area (Å²) in [6.07, 6.45) is 11.5. The zero-order valence-electron chi connectivity index (χ0n) is 23.9. The predicted octanol–water partition coefficient (Wildman–Crippen LogP) is 10.4. The van der Waals surface area contributed by atoms with Crippen LogP contribution < -0.4 is 0 Å². The average Bonchev–Trinajstić information content (AvgIpc) is 2.73. The Morgan fingerprint density at radius 1 is 0.515 bits per heavy atom. The molecule has 0 aromatic rings. The molecule has 6 aliphatic rings. The van der Waals surface area contributed by atoms with Crippen LogP contribution in [0.2, 0.25) is 0 Å². The van der Waals surface area contributed by atoms with Crippen LogP contribution in [0.4, 0.5) is 4.39 Å². The molecular formula is C32H53F. The number of alkyl halides is 1. The monoisotopic (exact) mass is 456 g/mol. The molecule has 0 heterocycles. The van der Waals surface area contributed by atoms with Crippen LogP contribution in [0.15, 0.2) is 22.3 Å². The second-order valence-corrected chi connectivity index (χ2v) is 15.2. The van der Waals surface area contributed by atoms with E-state index in [9.17, 15) is 0 Å². The quantitative estimate of drug-likeness (QED) is 0.361. The molecule has 4 bridgehead atoms. The lowest BCUT2D eigenvalue weighted by Gasteiger charge is -2.64. The minimum atomic E-state index is -1.01. The Bertz CT molecular complexity index is 868. The Kier molecular flexibility index (Phi) is 5.58. The van der Waals surface area contributed by atoms with Gasteiger partial charge in [-0.25, -0.2) is 4.39 Å². The fourth-order valence-electron chi connectivity index (χ4n) is 9.87. The molecule has 0 unspecified atom stereocenters. The Balaban J connectivity index is 1.61. The predicted molar refractivity (Wildman–Crippen MR) is 141 cm³/mol. The van der Waals surface area contributed by atoms with E-state index in [2.05, 4.69) is 76.2 Å². The lowest BCUT2D eigenvalue weighted by atomic mass is 9.40. The summed E-state index contributed by atoms with van der Waals surface area (Å²) in [5.41, 5.74) is 6.66. The normalized spacial score (nSPS) is 39.6. The van der Waals surface area contributed by atoms with E-state index in [0.717, 1.165) is 31.3 Å². The lowest BCUT2D eigenvalue weighted by molar-refractivity contribution is -0.0645. The molecule has 6 rings (SSSR count). The number of rotatable bonds is 5. The Morgan fingerprint density at radius 2 is 0.818 bits per heavy atom. The topological polar surface area (TPSA) is 0 Å². The van der Waals surface area contributed by atoms with Crippen molar-refractivity contribution in [3.8, 4) is 0 Å². The molecule has 0 amide bonds. The van der Waals surface area contributed by atoms with Crippen molar-refractivity contribution in [1.29, 1.82) is 0 Å². The summed E-state index contributed by atoms with van der Waals surface area (Å²) in [5, 5.41) is 0. The molecule has 188 valence electrons. The fourth-order valence-corrected chi connectivity index (χ4v) is 9.87. The van der Waals surface area contributed by atoms with Gasteiger partial charge in [-0.05, 0) is 130 Å². The van der Waals surface area contributed by atoms with Crippen molar-refractivity contribution in [1.82, 2.24) is 0 Å². The van der Waals surface area contributed by atoms with Crippen LogP contribution in [-0.2, 0) is 0 Å². The van der Waals surface area contributed by atoms with Gasteiger partial charge in [-0.1, -0.05) is 65.2 Å². The van der Waals surface area contributed by atoms with Gasteiger partial charge in [0.25, 0.3) is 0 Å². The van der Waals surface area contributed by atoms with Gasteiger partial charge in [0.15, 0.2) is 0 Å². The first kappa shape index (κ1) is 25.5. The van der Waals surface area contributed by atoms with Gasteiger partial charge < -0.3 is 0 Å².